The molecule has 162 valence electrons. The molecule has 4 aromatic rings. The van der Waals surface area contributed by atoms with E-state index in [0.29, 0.717) is 24.7 Å². The van der Waals surface area contributed by atoms with Crippen molar-refractivity contribution in [2.75, 3.05) is 13.1 Å². The van der Waals surface area contributed by atoms with Crippen molar-refractivity contribution in [1.29, 1.82) is 0 Å². The highest BCUT2D eigenvalue weighted by Gasteiger charge is 2.50. The number of benzene rings is 2. The summed E-state index contributed by atoms with van der Waals surface area (Å²) >= 11 is 0. The highest BCUT2D eigenvalue weighted by molar-refractivity contribution is 5.80. The molecule has 2 aliphatic rings. The molecule has 2 aromatic carbocycles. The van der Waals surface area contributed by atoms with Crippen LogP contribution in [0.4, 0.5) is 0 Å². The quantitative estimate of drug-likeness (QED) is 0.466. The fourth-order valence-corrected chi connectivity index (χ4v) is 4.65. The van der Waals surface area contributed by atoms with Crippen molar-refractivity contribution in [1.82, 2.24) is 30.0 Å². The molecule has 1 amide bonds. The first-order valence-electron chi connectivity index (χ1n) is 11.2. The monoisotopic (exact) mass is 428 g/mol. The Morgan fingerprint density at radius 1 is 1.06 bits per heavy atom. The zero-order valence-corrected chi connectivity index (χ0v) is 17.8. The van der Waals surface area contributed by atoms with Crippen LogP contribution in [0.15, 0.2) is 53.1 Å². The van der Waals surface area contributed by atoms with Crippen LogP contribution in [0.1, 0.15) is 43.6 Å². The Bertz CT molecular complexity index is 1270. The molecule has 0 spiro atoms. The van der Waals surface area contributed by atoms with Crippen LogP contribution in [0.2, 0.25) is 0 Å². The molecule has 1 aliphatic carbocycles. The van der Waals surface area contributed by atoms with Gasteiger partial charge in [-0.15, -0.1) is 5.10 Å². The zero-order chi connectivity index (χ0) is 21.5. The van der Waals surface area contributed by atoms with Crippen molar-refractivity contribution in [3.8, 4) is 11.4 Å². The topological polar surface area (TPSA) is 89.9 Å². The van der Waals surface area contributed by atoms with E-state index in [1.54, 1.807) is 4.68 Å². The van der Waals surface area contributed by atoms with Crippen LogP contribution in [-0.2, 0) is 16.8 Å². The van der Waals surface area contributed by atoms with Crippen molar-refractivity contribution < 1.29 is 9.32 Å². The number of amides is 1. The summed E-state index contributed by atoms with van der Waals surface area (Å²) in [5.41, 5.74) is 3.57. The van der Waals surface area contributed by atoms with Crippen molar-refractivity contribution in [2.24, 2.45) is 0 Å². The van der Waals surface area contributed by atoms with E-state index < -0.39 is 0 Å². The van der Waals surface area contributed by atoms with Crippen molar-refractivity contribution in [2.45, 2.75) is 44.1 Å². The first kappa shape index (κ1) is 19.2. The lowest BCUT2D eigenvalue weighted by molar-refractivity contribution is -0.130. The van der Waals surface area contributed by atoms with E-state index in [4.69, 9.17) is 9.51 Å². The first-order chi connectivity index (χ1) is 15.7. The van der Waals surface area contributed by atoms with Gasteiger partial charge in [0.2, 0.25) is 17.6 Å². The van der Waals surface area contributed by atoms with E-state index in [-0.39, 0.29) is 11.3 Å². The Labute approximate surface area is 185 Å². The van der Waals surface area contributed by atoms with Gasteiger partial charge in [0, 0.05) is 25.1 Å². The van der Waals surface area contributed by atoms with Crippen LogP contribution in [0.25, 0.3) is 22.4 Å². The van der Waals surface area contributed by atoms with E-state index in [2.05, 4.69) is 27.6 Å². The van der Waals surface area contributed by atoms with E-state index >= 15 is 0 Å². The van der Waals surface area contributed by atoms with Crippen LogP contribution >= 0.6 is 0 Å². The fraction of sp³-hybridized carbons (Fsp3) is 0.375. The number of nitrogens with zero attached hydrogens (tertiary/aromatic N) is 6. The molecule has 6 rings (SSSR count). The molecule has 2 aromatic heterocycles. The molecule has 8 heteroatoms. The van der Waals surface area contributed by atoms with Crippen LogP contribution < -0.4 is 0 Å². The summed E-state index contributed by atoms with van der Waals surface area (Å²) in [6.07, 6.45) is 4.68. The summed E-state index contributed by atoms with van der Waals surface area (Å²) in [7, 11) is 0. The maximum atomic E-state index is 12.3. The Morgan fingerprint density at radius 2 is 1.88 bits per heavy atom. The van der Waals surface area contributed by atoms with Gasteiger partial charge in [0.15, 0.2) is 0 Å². The zero-order valence-electron chi connectivity index (χ0n) is 17.8. The maximum Gasteiger partial charge on any atom is 0.237 e. The molecule has 1 aliphatic heterocycles. The second kappa shape index (κ2) is 7.55. The number of fused-ring (bicyclic) bond motifs is 1. The standard InChI is InChI=1S/C24H24N6O2/c31-21(29-13-4-5-14-29)10-15-30-20-9-8-17(16-19(20)26-28-30)22-25-23(32-27-22)24(11-12-24)18-6-2-1-3-7-18/h1-3,6-9,16H,4-5,10-15H2. The van der Waals surface area contributed by atoms with Gasteiger partial charge < -0.3 is 9.42 Å². The molecule has 0 atom stereocenters. The minimum atomic E-state index is -0.151. The van der Waals surface area contributed by atoms with Gasteiger partial charge in [-0.2, -0.15) is 4.98 Å². The summed E-state index contributed by atoms with van der Waals surface area (Å²) < 4.78 is 7.48. The highest BCUT2D eigenvalue weighted by Crippen LogP contribution is 2.52. The Morgan fingerprint density at radius 3 is 2.66 bits per heavy atom. The van der Waals surface area contributed by atoms with Crippen LogP contribution in [0.5, 0.6) is 0 Å². The lowest BCUT2D eigenvalue weighted by Crippen LogP contribution is -2.28. The SMILES string of the molecule is O=C(CCn1nnc2cc(-c3noc(C4(c5ccccc5)CC4)n3)ccc21)N1CCCC1. The van der Waals surface area contributed by atoms with Crippen molar-refractivity contribution >= 4 is 16.9 Å². The lowest BCUT2D eigenvalue weighted by atomic mass is 9.96. The number of rotatable bonds is 6. The van der Waals surface area contributed by atoms with Gasteiger partial charge in [-0.05, 0) is 49.4 Å². The average Bonchev–Trinajstić information content (AvgIpc) is 3.24. The molecule has 0 unspecified atom stereocenters. The first-order valence-corrected chi connectivity index (χ1v) is 11.2. The molecule has 1 saturated heterocycles. The molecule has 8 nitrogen and oxygen atoms in total. The Balaban J connectivity index is 1.21. The highest BCUT2D eigenvalue weighted by atomic mass is 16.5. The Kier molecular flexibility index (Phi) is 4.52. The van der Waals surface area contributed by atoms with Crippen LogP contribution in [-0.4, -0.2) is 49.0 Å². The number of aromatic nitrogens is 5. The lowest BCUT2D eigenvalue weighted by Gasteiger charge is -2.14. The van der Waals surface area contributed by atoms with Crippen molar-refractivity contribution in [3.63, 3.8) is 0 Å². The molecule has 3 heterocycles. The molecule has 0 N–H and O–H groups in total. The number of likely N-dealkylation sites (tertiary alicyclic amines) is 1. The molecular weight excluding hydrogens is 404 g/mol. The smallest absolute Gasteiger partial charge is 0.237 e. The molecule has 2 fully saturated rings. The van der Waals surface area contributed by atoms with Gasteiger partial charge in [-0.25, -0.2) is 4.68 Å². The van der Waals surface area contributed by atoms with Gasteiger partial charge in [0.25, 0.3) is 0 Å². The number of hydrogen-bond donors (Lipinski definition) is 0. The van der Waals surface area contributed by atoms with E-state index in [9.17, 15) is 4.79 Å². The van der Waals surface area contributed by atoms with Crippen LogP contribution in [0, 0.1) is 0 Å². The maximum absolute atomic E-state index is 12.3. The summed E-state index contributed by atoms with van der Waals surface area (Å²) in [5, 5.41) is 12.8. The minimum Gasteiger partial charge on any atom is -0.343 e. The number of carbonyl (C=O) groups is 1. The molecule has 0 radical (unpaired) electrons. The van der Waals surface area contributed by atoms with Gasteiger partial charge in [-0.3, -0.25) is 4.79 Å². The summed E-state index contributed by atoms with van der Waals surface area (Å²) in [4.78, 5) is 19.0. The second-order valence-electron chi connectivity index (χ2n) is 8.73. The fourth-order valence-electron chi connectivity index (χ4n) is 4.65. The van der Waals surface area contributed by atoms with Gasteiger partial charge in [0.1, 0.15) is 5.52 Å². The van der Waals surface area contributed by atoms with E-state index in [1.807, 2.05) is 41.3 Å². The summed E-state index contributed by atoms with van der Waals surface area (Å²) in [6.45, 7) is 2.27. The van der Waals surface area contributed by atoms with Gasteiger partial charge in [0.05, 0.1) is 17.5 Å². The average molecular weight is 428 g/mol. The number of aryl methyl sites for hydroxylation is 1. The molecule has 1 saturated carbocycles. The van der Waals surface area contributed by atoms with Crippen LogP contribution in [0.3, 0.4) is 0 Å². The number of hydrogen-bond acceptors (Lipinski definition) is 6. The van der Waals surface area contributed by atoms with Crippen molar-refractivity contribution in [3.05, 3.63) is 60.0 Å². The molecular formula is C24H24N6O2. The Hall–Kier alpha value is -3.55. The predicted molar refractivity (Wildman–Crippen MR) is 118 cm³/mol. The molecule has 32 heavy (non-hydrogen) atoms. The third-order valence-corrected chi connectivity index (χ3v) is 6.68. The second-order valence-corrected chi connectivity index (χ2v) is 8.73. The van der Waals surface area contributed by atoms with E-state index in [1.165, 1.54) is 5.56 Å². The third kappa shape index (κ3) is 3.26. The predicted octanol–water partition coefficient (Wildman–Crippen LogP) is 3.57. The number of carbonyl (C=O) groups excluding carboxylic acids is 1. The summed E-state index contributed by atoms with van der Waals surface area (Å²) in [5.74, 6) is 1.42. The summed E-state index contributed by atoms with van der Waals surface area (Å²) in [6, 6.07) is 16.2. The van der Waals surface area contributed by atoms with Gasteiger partial charge >= 0.3 is 0 Å². The van der Waals surface area contributed by atoms with Gasteiger partial charge in [-0.1, -0.05) is 40.7 Å². The third-order valence-electron chi connectivity index (χ3n) is 6.68. The molecule has 0 bridgehead atoms. The minimum absolute atomic E-state index is 0.151. The normalized spacial score (nSPS) is 17.2. The largest absolute Gasteiger partial charge is 0.343 e. The van der Waals surface area contributed by atoms with E-state index in [0.717, 1.165) is 55.4 Å².